The smallest absolute Gasteiger partial charge is 0.173 e. The Bertz CT molecular complexity index is 89.3. The number of halogens is 4. The van der Waals surface area contributed by atoms with E-state index in [1.54, 1.807) is 23.7 Å². The van der Waals surface area contributed by atoms with Crippen LogP contribution in [0.4, 0.5) is 0 Å². The predicted octanol–water partition coefficient (Wildman–Crippen LogP) is 4.17. The van der Waals surface area contributed by atoms with E-state index < -0.39 is 13.6 Å². The second-order valence-electron chi connectivity index (χ2n) is 1.41. The molecule has 0 aromatic heterocycles. The van der Waals surface area contributed by atoms with Crippen LogP contribution in [-0.2, 0) is 0 Å². The van der Waals surface area contributed by atoms with Gasteiger partial charge in [0.05, 0.1) is 0 Å². The molecule has 0 N–H and O–H groups in total. The molecule has 0 heterocycles. The summed E-state index contributed by atoms with van der Waals surface area (Å²) in [7, 11) is 3.46. The number of rotatable bonds is 3. The topological polar surface area (TPSA) is 6.48 Å². The Morgan fingerprint density at radius 3 is 1.10 bits per heavy atom. The van der Waals surface area contributed by atoms with Gasteiger partial charge in [-0.3, -0.25) is 0 Å². The lowest BCUT2D eigenvalue weighted by molar-refractivity contribution is 0.277. The van der Waals surface area contributed by atoms with Gasteiger partial charge in [0.25, 0.3) is 0 Å². The van der Waals surface area contributed by atoms with Crippen LogP contribution in [-0.4, -0.2) is 23.7 Å². The van der Waals surface area contributed by atoms with Crippen LogP contribution in [0.1, 0.15) is 0 Å². The molecule has 0 saturated heterocycles. The van der Waals surface area contributed by atoms with Gasteiger partial charge in [-0.25, -0.2) is 0 Å². The zero-order valence-electron chi connectivity index (χ0n) is 5.30. The summed E-state index contributed by atoms with van der Waals surface area (Å²) < 4.78 is 3.20. The highest BCUT2D eigenvalue weighted by Gasteiger charge is 2.18. The Kier molecular flexibility index (Phi) is 6.64. The van der Waals surface area contributed by atoms with Gasteiger partial charge in [-0.15, -0.1) is 0 Å². The molecule has 0 rings (SSSR count). The van der Waals surface area contributed by atoms with Crippen molar-refractivity contribution in [1.82, 2.24) is 9.56 Å². The van der Waals surface area contributed by atoms with Crippen molar-refractivity contribution in [3.05, 3.63) is 0 Å². The summed E-state index contributed by atoms with van der Waals surface area (Å²) in [5.74, 6) is 0. The molecule has 0 radical (unpaired) electrons. The fourth-order valence-electron chi connectivity index (χ4n) is 0.196. The minimum absolute atomic E-state index is 1.18. The molecular weight excluding hydrogens is 256 g/mol. The summed E-state index contributed by atoms with van der Waals surface area (Å²) in [5.41, 5.74) is 0. The molecule has 0 aromatic carbocycles. The third kappa shape index (κ3) is 4.09. The molecule has 10 heavy (non-hydrogen) atoms. The molecular formula is C2H6Cl4N2P2. The zero-order chi connectivity index (χ0) is 8.31. The van der Waals surface area contributed by atoms with E-state index in [1.165, 1.54) is 0 Å². The molecule has 62 valence electrons. The number of hydrazine groups is 1. The monoisotopic (exact) mass is 260 g/mol. The van der Waals surface area contributed by atoms with E-state index in [9.17, 15) is 0 Å². The fraction of sp³-hybridized carbons (Fsp3) is 1.00. The van der Waals surface area contributed by atoms with Gasteiger partial charge in [-0.1, -0.05) is 45.0 Å². The van der Waals surface area contributed by atoms with E-state index in [0.717, 1.165) is 0 Å². The van der Waals surface area contributed by atoms with Gasteiger partial charge in [-0.2, -0.15) is 9.56 Å². The maximum atomic E-state index is 5.57. The lowest BCUT2D eigenvalue weighted by Gasteiger charge is -2.27. The molecule has 2 nitrogen and oxygen atoms in total. The largest absolute Gasteiger partial charge is 0.190 e. The van der Waals surface area contributed by atoms with Crippen molar-refractivity contribution in [1.29, 1.82) is 0 Å². The quantitative estimate of drug-likeness (QED) is 0.556. The van der Waals surface area contributed by atoms with Crippen LogP contribution in [0.2, 0.25) is 0 Å². The van der Waals surface area contributed by atoms with Crippen LogP contribution in [0.25, 0.3) is 0 Å². The standard InChI is InChI=1S/C2H6Cl4N2P2/c1-7(9(3)4)8(2)10(5)6/h1-2H3. The summed E-state index contributed by atoms with van der Waals surface area (Å²) in [5, 5.41) is 0. The van der Waals surface area contributed by atoms with Crippen LogP contribution in [0.3, 0.4) is 0 Å². The van der Waals surface area contributed by atoms with Gasteiger partial charge < -0.3 is 0 Å². The summed E-state index contributed by atoms with van der Waals surface area (Å²) in [6.07, 6.45) is 0. The van der Waals surface area contributed by atoms with E-state index in [4.69, 9.17) is 45.0 Å². The second-order valence-corrected chi connectivity index (χ2v) is 8.31. The van der Waals surface area contributed by atoms with Crippen molar-refractivity contribution in [3.8, 4) is 0 Å². The molecule has 0 saturated carbocycles. The van der Waals surface area contributed by atoms with Crippen LogP contribution in [0, 0.1) is 0 Å². The third-order valence-corrected chi connectivity index (χ3v) is 5.04. The van der Waals surface area contributed by atoms with Gasteiger partial charge in [0.2, 0.25) is 0 Å². The molecule has 0 aliphatic carbocycles. The maximum absolute atomic E-state index is 5.57. The minimum atomic E-state index is -1.18. The van der Waals surface area contributed by atoms with Gasteiger partial charge in [0, 0.05) is 14.1 Å². The highest BCUT2D eigenvalue weighted by molar-refractivity contribution is 8.04. The van der Waals surface area contributed by atoms with Crippen molar-refractivity contribution < 1.29 is 0 Å². The third-order valence-electron chi connectivity index (χ3n) is 0.856. The van der Waals surface area contributed by atoms with Gasteiger partial charge in [-0.05, 0) is 0 Å². The lowest BCUT2D eigenvalue weighted by Crippen LogP contribution is -2.23. The average Bonchev–Trinajstić information content (AvgIpc) is 1.84. The van der Waals surface area contributed by atoms with Crippen molar-refractivity contribution in [2.45, 2.75) is 0 Å². The first-order valence-corrected chi connectivity index (χ1v) is 8.38. The van der Waals surface area contributed by atoms with Crippen LogP contribution < -0.4 is 0 Å². The summed E-state index contributed by atoms with van der Waals surface area (Å²) >= 11 is 22.3. The first kappa shape index (κ1) is 11.9. The van der Waals surface area contributed by atoms with Gasteiger partial charge >= 0.3 is 0 Å². The minimum Gasteiger partial charge on any atom is -0.190 e. The highest BCUT2D eigenvalue weighted by atomic mass is 35.9. The first-order chi connectivity index (χ1) is 4.46. The second kappa shape index (κ2) is 5.56. The van der Waals surface area contributed by atoms with Crippen molar-refractivity contribution >= 4 is 58.5 Å². The summed E-state index contributed by atoms with van der Waals surface area (Å²) in [6, 6.07) is 0. The molecule has 0 unspecified atom stereocenters. The summed E-state index contributed by atoms with van der Waals surface area (Å²) in [4.78, 5) is 0. The first-order valence-electron chi connectivity index (χ1n) is 2.17. The Morgan fingerprint density at radius 1 is 0.800 bits per heavy atom. The van der Waals surface area contributed by atoms with E-state index >= 15 is 0 Å². The molecule has 0 atom stereocenters. The zero-order valence-corrected chi connectivity index (χ0v) is 10.1. The van der Waals surface area contributed by atoms with Gasteiger partial charge in [0.15, 0.2) is 13.6 Å². The normalized spacial score (nSPS) is 12.6. The van der Waals surface area contributed by atoms with Crippen molar-refractivity contribution in [2.75, 3.05) is 14.1 Å². The maximum Gasteiger partial charge on any atom is 0.173 e. The van der Waals surface area contributed by atoms with E-state index in [1.807, 2.05) is 0 Å². The molecule has 0 fully saturated rings. The molecule has 0 aliphatic heterocycles. The Hall–Kier alpha value is 1.94. The highest BCUT2D eigenvalue weighted by Crippen LogP contribution is 2.58. The fourth-order valence-corrected chi connectivity index (χ4v) is 2.85. The van der Waals surface area contributed by atoms with Crippen LogP contribution in [0.5, 0.6) is 0 Å². The summed E-state index contributed by atoms with van der Waals surface area (Å²) in [6.45, 7) is -2.37. The molecule has 0 spiro atoms. The Balaban J connectivity index is 3.81. The average molecular weight is 262 g/mol. The Morgan fingerprint density at radius 2 is 1.00 bits per heavy atom. The molecule has 0 amide bonds. The van der Waals surface area contributed by atoms with E-state index in [2.05, 4.69) is 0 Å². The SMILES string of the molecule is CN(N(C)P(Cl)Cl)P(Cl)Cl. The van der Waals surface area contributed by atoms with Gasteiger partial charge in [0.1, 0.15) is 0 Å². The Labute approximate surface area is 82.1 Å². The van der Waals surface area contributed by atoms with E-state index in [0.29, 0.717) is 0 Å². The van der Waals surface area contributed by atoms with E-state index in [-0.39, 0.29) is 0 Å². The molecule has 0 aliphatic rings. The number of nitrogens with zero attached hydrogens (tertiary/aromatic N) is 2. The van der Waals surface area contributed by atoms with Crippen LogP contribution in [0.15, 0.2) is 0 Å². The number of hydrogen-bond acceptors (Lipinski definition) is 2. The van der Waals surface area contributed by atoms with Crippen molar-refractivity contribution in [2.24, 2.45) is 0 Å². The lowest BCUT2D eigenvalue weighted by atomic mass is 11.4. The van der Waals surface area contributed by atoms with Crippen molar-refractivity contribution in [3.63, 3.8) is 0 Å². The number of hydrogen-bond donors (Lipinski definition) is 0. The predicted molar refractivity (Wildman–Crippen MR) is 52.8 cm³/mol. The molecule has 0 aromatic rings. The molecule has 8 heteroatoms. The molecule has 0 bridgehead atoms. The van der Waals surface area contributed by atoms with Crippen LogP contribution >= 0.6 is 58.5 Å².